The van der Waals surface area contributed by atoms with Crippen LogP contribution < -0.4 is 11.1 Å². The Morgan fingerprint density at radius 3 is 2.26 bits per heavy atom. The molecule has 2 fully saturated rings. The minimum Gasteiger partial charge on any atom is -0.369 e. The predicted octanol–water partition coefficient (Wildman–Crippen LogP) is 1.03. The average Bonchev–Trinajstić information content (AvgIpc) is 2.62. The number of amides is 2. The van der Waals surface area contributed by atoms with Gasteiger partial charge in [-0.15, -0.1) is 0 Å². The van der Waals surface area contributed by atoms with Crippen LogP contribution in [0.1, 0.15) is 31.2 Å². The number of nitrogens with zero attached hydrogens (tertiary/aromatic N) is 1. The molecule has 0 aliphatic carbocycles. The second-order valence-electron chi connectivity index (χ2n) is 6.66. The Morgan fingerprint density at radius 1 is 1.09 bits per heavy atom. The number of nitrogens with one attached hydrogen (secondary N) is 1. The van der Waals surface area contributed by atoms with E-state index >= 15 is 0 Å². The standard InChI is InChI=1S/C18H25N3O2/c19-17(23)18(15-4-2-1-3-5-15)8-12-21(13-9-18)16(22)14-6-10-20-11-7-14/h1-5,14,20H,6-13H2,(H2,19,23). The van der Waals surface area contributed by atoms with Crippen LogP contribution in [-0.2, 0) is 15.0 Å². The summed E-state index contributed by atoms with van der Waals surface area (Å²) in [5.41, 5.74) is 6.09. The van der Waals surface area contributed by atoms with Gasteiger partial charge in [-0.3, -0.25) is 9.59 Å². The maximum absolute atomic E-state index is 12.7. The molecule has 2 saturated heterocycles. The minimum atomic E-state index is -0.633. The van der Waals surface area contributed by atoms with Crippen LogP contribution in [-0.4, -0.2) is 42.9 Å². The Bertz CT molecular complexity index is 559. The topological polar surface area (TPSA) is 75.4 Å². The van der Waals surface area contributed by atoms with Crippen LogP contribution in [0.3, 0.4) is 0 Å². The highest BCUT2D eigenvalue weighted by molar-refractivity contribution is 5.87. The van der Waals surface area contributed by atoms with Crippen molar-refractivity contribution in [2.45, 2.75) is 31.1 Å². The maximum atomic E-state index is 12.7. The molecule has 0 radical (unpaired) electrons. The fraction of sp³-hybridized carbons (Fsp3) is 0.556. The molecule has 0 saturated carbocycles. The lowest BCUT2D eigenvalue weighted by Gasteiger charge is -2.41. The molecule has 0 atom stereocenters. The Kier molecular flexibility index (Phi) is 4.66. The first-order valence-corrected chi connectivity index (χ1v) is 8.48. The summed E-state index contributed by atoms with van der Waals surface area (Å²) in [4.78, 5) is 26.7. The third kappa shape index (κ3) is 3.11. The van der Waals surface area contributed by atoms with Gasteiger partial charge in [0.05, 0.1) is 5.41 Å². The quantitative estimate of drug-likeness (QED) is 0.875. The molecule has 0 bridgehead atoms. The lowest BCUT2D eigenvalue weighted by atomic mass is 9.72. The first-order chi connectivity index (χ1) is 11.1. The molecule has 0 unspecified atom stereocenters. The molecule has 1 aromatic rings. The van der Waals surface area contributed by atoms with Gasteiger partial charge in [0, 0.05) is 19.0 Å². The van der Waals surface area contributed by atoms with E-state index in [1.165, 1.54) is 0 Å². The van der Waals surface area contributed by atoms with Crippen LogP contribution in [0.2, 0.25) is 0 Å². The van der Waals surface area contributed by atoms with Crippen LogP contribution >= 0.6 is 0 Å². The molecule has 0 spiro atoms. The fourth-order valence-electron chi connectivity index (χ4n) is 3.87. The van der Waals surface area contributed by atoms with E-state index in [1.807, 2.05) is 35.2 Å². The number of hydrogen-bond donors (Lipinski definition) is 2. The Balaban J connectivity index is 1.70. The number of hydrogen-bond acceptors (Lipinski definition) is 3. The van der Waals surface area contributed by atoms with Crippen molar-refractivity contribution in [3.63, 3.8) is 0 Å². The number of rotatable bonds is 3. The smallest absolute Gasteiger partial charge is 0.228 e. The molecule has 2 aliphatic rings. The summed E-state index contributed by atoms with van der Waals surface area (Å²) in [7, 11) is 0. The molecule has 1 aromatic carbocycles. The average molecular weight is 315 g/mol. The van der Waals surface area contributed by atoms with Crippen molar-refractivity contribution in [2.75, 3.05) is 26.2 Å². The van der Waals surface area contributed by atoms with Gasteiger partial charge in [0.1, 0.15) is 0 Å². The van der Waals surface area contributed by atoms with Crippen LogP contribution in [0.5, 0.6) is 0 Å². The van der Waals surface area contributed by atoms with Crippen LogP contribution in [0, 0.1) is 5.92 Å². The van der Waals surface area contributed by atoms with Crippen LogP contribution in [0.15, 0.2) is 30.3 Å². The van der Waals surface area contributed by atoms with Crippen molar-refractivity contribution in [2.24, 2.45) is 11.7 Å². The van der Waals surface area contributed by atoms with Crippen molar-refractivity contribution in [1.82, 2.24) is 10.2 Å². The molecule has 23 heavy (non-hydrogen) atoms. The van der Waals surface area contributed by atoms with Crippen molar-refractivity contribution >= 4 is 11.8 Å². The van der Waals surface area contributed by atoms with Gasteiger partial charge < -0.3 is 16.0 Å². The predicted molar refractivity (Wildman–Crippen MR) is 88.7 cm³/mol. The van der Waals surface area contributed by atoms with Crippen molar-refractivity contribution < 1.29 is 9.59 Å². The molecule has 3 N–H and O–H groups in total. The second-order valence-corrected chi connectivity index (χ2v) is 6.66. The summed E-state index contributed by atoms with van der Waals surface area (Å²) in [6.45, 7) is 3.06. The van der Waals surface area contributed by atoms with Crippen molar-refractivity contribution in [1.29, 1.82) is 0 Å². The lowest BCUT2D eigenvalue weighted by Crippen LogP contribution is -2.53. The summed E-state index contributed by atoms with van der Waals surface area (Å²) in [5, 5.41) is 3.29. The SMILES string of the molecule is NC(=O)C1(c2ccccc2)CCN(C(=O)C2CCNCC2)CC1. The molecule has 2 amide bonds. The van der Waals surface area contributed by atoms with Crippen molar-refractivity contribution in [3.8, 4) is 0 Å². The molecule has 5 nitrogen and oxygen atoms in total. The van der Waals surface area contributed by atoms with E-state index in [9.17, 15) is 9.59 Å². The fourth-order valence-corrected chi connectivity index (χ4v) is 3.87. The third-order valence-corrected chi connectivity index (χ3v) is 5.42. The Morgan fingerprint density at radius 2 is 1.70 bits per heavy atom. The second kappa shape index (κ2) is 6.71. The zero-order valence-corrected chi connectivity index (χ0v) is 13.5. The molecular weight excluding hydrogens is 290 g/mol. The lowest BCUT2D eigenvalue weighted by molar-refractivity contribution is -0.140. The number of likely N-dealkylation sites (tertiary alicyclic amines) is 1. The molecule has 3 rings (SSSR count). The van der Waals surface area contributed by atoms with E-state index in [0.29, 0.717) is 25.9 Å². The highest BCUT2D eigenvalue weighted by atomic mass is 16.2. The van der Waals surface area contributed by atoms with Gasteiger partial charge in [-0.2, -0.15) is 0 Å². The van der Waals surface area contributed by atoms with Gasteiger partial charge >= 0.3 is 0 Å². The van der Waals surface area contributed by atoms with E-state index in [1.54, 1.807) is 0 Å². The van der Waals surface area contributed by atoms with Gasteiger partial charge in [0.2, 0.25) is 11.8 Å². The molecule has 0 aromatic heterocycles. The zero-order valence-electron chi connectivity index (χ0n) is 13.5. The highest BCUT2D eigenvalue weighted by Crippen LogP contribution is 2.36. The normalized spacial score (nSPS) is 21.8. The van der Waals surface area contributed by atoms with Crippen LogP contribution in [0.4, 0.5) is 0 Å². The summed E-state index contributed by atoms with van der Waals surface area (Å²) < 4.78 is 0. The Hall–Kier alpha value is -1.88. The summed E-state index contributed by atoms with van der Waals surface area (Å²) >= 11 is 0. The van der Waals surface area contributed by atoms with Crippen LogP contribution in [0.25, 0.3) is 0 Å². The maximum Gasteiger partial charge on any atom is 0.228 e. The largest absolute Gasteiger partial charge is 0.369 e. The van der Waals surface area contributed by atoms with Gasteiger partial charge in [0.25, 0.3) is 0 Å². The van der Waals surface area contributed by atoms with E-state index < -0.39 is 5.41 Å². The molecule has 5 heteroatoms. The van der Waals surface area contributed by atoms with E-state index in [4.69, 9.17) is 5.73 Å². The number of carbonyl (C=O) groups excluding carboxylic acids is 2. The Labute approximate surface area is 137 Å². The third-order valence-electron chi connectivity index (χ3n) is 5.42. The monoisotopic (exact) mass is 315 g/mol. The van der Waals surface area contributed by atoms with Crippen molar-refractivity contribution in [3.05, 3.63) is 35.9 Å². The summed E-state index contributed by atoms with van der Waals surface area (Å²) in [6.07, 6.45) is 3.05. The van der Waals surface area contributed by atoms with E-state index in [-0.39, 0.29) is 17.7 Å². The van der Waals surface area contributed by atoms with E-state index in [0.717, 1.165) is 31.5 Å². The van der Waals surface area contributed by atoms with Gasteiger partial charge in [-0.05, 0) is 44.3 Å². The summed E-state index contributed by atoms with van der Waals surface area (Å²) in [6, 6.07) is 9.75. The minimum absolute atomic E-state index is 0.133. The van der Waals surface area contributed by atoms with Gasteiger partial charge in [-0.1, -0.05) is 30.3 Å². The number of benzene rings is 1. The molecule has 2 heterocycles. The highest BCUT2D eigenvalue weighted by Gasteiger charge is 2.43. The number of primary amides is 1. The van der Waals surface area contributed by atoms with Gasteiger partial charge in [-0.25, -0.2) is 0 Å². The molecule has 124 valence electrons. The first-order valence-electron chi connectivity index (χ1n) is 8.48. The van der Waals surface area contributed by atoms with Gasteiger partial charge in [0.15, 0.2) is 0 Å². The number of carbonyl (C=O) groups is 2. The first kappa shape index (κ1) is 16.0. The van der Waals surface area contributed by atoms with E-state index in [2.05, 4.69) is 5.32 Å². The number of piperidine rings is 2. The zero-order chi connectivity index (χ0) is 16.3. The number of nitrogens with two attached hydrogens (primary N) is 1. The molecular formula is C18H25N3O2. The molecule has 2 aliphatic heterocycles. The summed E-state index contributed by atoms with van der Waals surface area (Å²) in [5.74, 6) is 0.101.